The SMILES string of the molecule is CC(C)(C)c1ccc(-c2ccccc2)c(N(c2ccc(-c3ccc(-c4cccc5c(-c6cccc(-c7ccc(C(C)(C)C)cc7N(c7cccc(-c8cccc9ccccc89)c7)c7ccccc7-c7cccc8cccc(C9CCCCC9)c78)c6)cccc45)cc3)cc2)c2ccccc2-c2cccc3cccc(C4CCCCC4)c23)c1. The number of rotatable bonds is 16. The molecule has 0 amide bonds. The summed E-state index contributed by atoms with van der Waals surface area (Å²) in [6, 6.07) is 138. The van der Waals surface area contributed by atoms with Gasteiger partial charge in [-0.25, -0.2) is 0 Å². The normalized spacial score (nSPS) is 13.7. The van der Waals surface area contributed by atoms with Crippen LogP contribution in [0.1, 0.15) is 140 Å². The zero-order valence-electron chi connectivity index (χ0n) is 67.8. The van der Waals surface area contributed by atoms with Crippen molar-refractivity contribution in [2.24, 2.45) is 0 Å². The summed E-state index contributed by atoms with van der Waals surface area (Å²) in [7, 11) is 0. The second-order valence-electron chi connectivity index (χ2n) is 34.7. The van der Waals surface area contributed by atoms with E-state index in [1.807, 2.05) is 0 Å². The number of anilines is 6. The summed E-state index contributed by atoms with van der Waals surface area (Å²) in [6.45, 7) is 14.0. The Kier molecular flexibility index (Phi) is 19.8. The van der Waals surface area contributed by atoms with Gasteiger partial charge in [0.15, 0.2) is 0 Å². The molecule has 2 nitrogen and oxygen atoms in total. The lowest BCUT2D eigenvalue weighted by Crippen LogP contribution is -2.16. The number of para-hydroxylation sites is 2. The van der Waals surface area contributed by atoms with Gasteiger partial charge in [0.25, 0.3) is 0 Å². The standard InChI is InChI=1S/C114H100N2/c1-113(2,3)89-67-71-97(80-31-10-7-11-32-80)109(75-89)115(107-59-20-18-48-103(107)105-57-27-41-84-39-25-53-99(111(84)105)81-33-12-8-13-34-81)91-69-65-78(66-70-91)77-61-63-83(64-62-77)94-51-29-56-102-96(52-30-55-101(94)102)86-43-22-44-87(73-86)98-72-68-90(114(4,5)6)76-110(98)116(92-46-23-45-88(74-92)95-50-24-38-79-37-16-17-47-93(79)95)108-60-21-19-49-104(108)106-58-28-42-85-40-26-54-100(112(85)106)82-35-14-9-15-36-82/h7,10-11,16-32,37-76,81-82H,8-9,12-15,33-36H2,1-6H3. The molecule has 19 rings (SSSR count). The molecule has 0 bridgehead atoms. The monoisotopic (exact) mass is 1500 g/mol. The summed E-state index contributed by atoms with van der Waals surface area (Å²) >= 11 is 0. The van der Waals surface area contributed by atoms with E-state index in [1.165, 1.54) is 202 Å². The highest BCUT2D eigenvalue weighted by atomic mass is 15.2. The van der Waals surface area contributed by atoms with Crippen LogP contribution in [-0.2, 0) is 10.8 Å². The van der Waals surface area contributed by atoms with Crippen molar-refractivity contribution in [1.29, 1.82) is 0 Å². The molecule has 2 aliphatic carbocycles. The van der Waals surface area contributed by atoms with Gasteiger partial charge in [-0.3, -0.25) is 0 Å². The molecule has 0 radical (unpaired) electrons. The summed E-state index contributed by atoms with van der Waals surface area (Å²) in [5.41, 5.74) is 31.3. The minimum atomic E-state index is -0.147. The van der Waals surface area contributed by atoms with Gasteiger partial charge in [-0.15, -0.1) is 0 Å². The van der Waals surface area contributed by atoms with Crippen LogP contribution in [0, 0.1) is 0 Å². The van der Waals surface area contributed by atoms with E-state index in [0.29, 0.717) is 11.8 Å². The van der Waals surface area contributed by atoms with E-state index in [2.05, 4.69) is 415 Å². The van der Waals surface area contributed by atoms with Crippen LogP contribution in [0.15, 0.2) is 364 Å². The molecule has 0 heterocycles. The highest BCUT2D eigenvalue weighted by Gasteiger charge is 2.30. The highest BCUT2D eigenvalue weighted by molar-refractivity contribution is 6.09. The molecular weight excluding hydrogens is 1400 g/mol. The molecule has 0 aromatic heterocycles. The van der Waals surface area contributed by atoms with Gasteiger partial charge in [-0.2, -0.15) is 0 Å². The van der Waals surface area contributed by atoms with E-state index in [4.69, 9.17) is 0 Å². The summed E-state index contributed by atoms with van der Waals surface area (Å²) in [5, 5.41) is 10.3. The van der Waals surface area contributed by atoms with Crippen LogP contribution >= 0.6 is 0 Å². The second kappa shape index (κ2) is 31.3. The zero-order valence-corrected chi connectivity index (χ0v) is 67.8. The molecule has 0 N–H and O–H groups in total. The van der Waals surface area contributed by atoms with Crippen LogP contribution in [-0.4, -0.2) is 0 Å². The molecular formula is C114H100N2. The molecule has 0 aliphatic heterocycles. The van der Waals surface area contributed by atoms with E-state index in [1.54, 1.807) is 0 Å². The number of nitrogens with zero attached hydrogens (tertiary/aromatic N) is 2. The summed E-state index contributed by atoms with van der Waals surface area (Å²) < 4.78 is 0. The predicted molar refractivity (Wildman–Crippen MR) is 498 cm³/mol. The minimum absolute atomic E-state index is 0.0890. The first-order valence-corrected chi connectivity index (χ1v) is 42.4. The Morgan fingerprint density at radius 1 is 0.216 bits per heavy atom. The number of hydrogen-bond donors (Lipinski definition) is 0. The van der Waals surface area contributed by atoms with E-state index < -0.39 is 0 Å². The van der Waals surface area contributed by atoms with Crippen LogP contribution in [0.4, 0.5) is 34.1 Å². The lowest BCUT2D eigenvalue weighted by Gasteiger charge is -2.32. The van der Waals surface area contributed by atoms with Crippen LogP contribution in [0.5, 0.6) is 0 Å². The highest BCUT2D eigenvalue weighted by Crippen LogP contribution is 2.53. The van der Waals surface area contributed by atoms with Gasteiger partial charge in [0.2, 0.25) is 0 Å². The number of fused-ring (bicyclic) bond motifs is 4. The fraction of sp³-hybridized carbons (Fsp3) is 0.175. The number of hydrogen-bond acceptors (Lipinski definition) is 2. The maximum atomic E-state index is 2.59. The topological polar surface area (TPSA) is 6.48 Å². The van der Waals surface area contributed by atoms with Crippen LogP contribution in [0.3, 0.4) is 0 Å². The smallest absolute Gasteiger partial charge is 0.0543 e. The van der Waals surface area contributed by atoms with Crippen molar-refractivity contribution in [1.82, 2.24) is 0 Å². The molecule has 0 unspecified atom stereocenters. The molecule has 0 spiro atoms. The van der Waals surface area contributed by atoms with Gasteiger partial charge in [-0.05, 0) is 235 Å². The summed E-state index contributed by atoms with van der Waals surface area (Å²) in [4.78, 5) is 5.15. The van der Waals surface area contributed by atoms with Crippen molar-refractivity contribution in [3.63, 3.8) is 0 Å². The molecule has 2 saturated carbocycles. The van der Waals surface area contributed by atoms with E-state index >= 15 is 0 Å². The van der Waals surface area contributed by atoms with Crippen molar-refractivity contribution in [3.8, 4) is 89.0 Å². The van der Waals surface area contributed by atoms with Crippen molar-refractivity contribution in [2.75, 3.05) is 9.80 Å². The Hall–Kier alpha value is -12.6. The van der Waals surface area contributed by atoms with Gasteiger partial charge in [0.05, 0.1) is 22.7 Å². The second-order valence-corrected chi connectivity index (χ2v) is 34.7. The molecule has 0 atom stereocenters. The largest absolute Gasteiger partial charge is 0.309 e. The van der Waals surface area contributed by atoms with Crippen molar-refractivity contribution >= 4 is 77.2 Å². The van der Waals surface area contributed by atoms with Crippen molar-refractivity contribution < 1.29 is 0 Å². The molecule has 0 saturated heterocycles. The van der Waals surface area contributed by atoms with E-state index in [9.17, 15) is 0 Å². The Morgan fingerprint density at radius 2 is 0.569 bits per heavy atom. The van der Waals surface area contributed by atoms with E-state index in [-0.39, 0.29) is 10.8 Å². The third-order valence-corrected chi connectivity index (χ3v) is 25.4. The molecule has 116 heavy (non-hydrogen) atoms. The maximum absolute atomic E-state index is 2.59. The van der Waals surface area contributed by atoms with Crippen molar-refractivity contribution in [2.45, 2.75) is 128 Å². The fourth-order valence-electron chi connectivity index (χ4n) is 19.4. The third-order valence-electron chi connectivity index (χ3n) is 25.4. The van der Waals surface area contributed by atoms with E-state index in [0.717, 1.165) is 50.8 Å². The molecule has 2 heteroatoms. The van der Waals surface area contributed by atoms with Crippen LogP contribution < -0.4 is 9.80 Å². The van der Waals surface area contributed by atoms with Gasteiger partial charge in [0.1, 0.15) is 0 Å². The lowest BCUT2D eigenvalue weighted by molar-refractivity contribution is 0.445. The van der Waals surface area contributed by atoms with Crippen LogP contribution in [0.2, 0.25) is 0 Å². The maximum Gasteiger partial charge on any atom is 0.0543 e. The Morgan fingerprint density at radius 3 is 1.11 bits per heavy atom. The first-order valence-electron chi connectivity index (χ1n) is 42.4. The van der Waals surface area contributed by atoms with Gasteiger partial charge >= 0.3 is 0 Å². The Bertz CT molecular complexity index is 6480. The average molecular weight is 1500 g/mol. The lowest BCUT2D eigenvalue weighted by atomic mass is 9.80. The first kappa shape index (κ1) is 73.5. The number of benzene rings is 17. The fourth-order valence-corrected chi connectivity index (χ4v) is 19.4. The van der Waals surface area contributed by atoms with Gasteiger partial charge in [-0.1, -0.05) is 389 Å². The third kappa shape index (κ3) is 14.2. The molecule has 2 aliphatic rings. The first-order chi connectivity index (χ1) is 56.8. The zero-order chi connectivity index (χ0) is 78.4. The molecule has 17 aromatic carbocycles. The van der Waals surface area contributed by atoms with Crippen molar-refractivity contribution in [3.05, 3.63) is 386 Å². The predicted octanol–water partition coefficient (Wildman–Crippen LogP) is 33.3. The summed E-state index contributed by atoms with van der Waals surface area (Å²) in [6.07, 6.45) is 12.7. The Balaban J connectivity index is 0.697. The average Bonchev–Trinajstić information content (AvgIpc) is 0.753. The molecule has 17 aromatic rings. The summed E-state index contributed by atoms with van der Waals surface area (Å²) in [5.74, 6) is 1.08. The van der Waals surface area contributed by atoms with Gasteiger partial charge in [0, 0.05) is 33.6 Å². The molecule has 2 fully saturated rings. The Labute approximate surface area is 686 Å². The quantitative estimate of drug-likeness (QED) is 0.0951. The molecule has 566 valence electrons. The van der Waals surface area contributed by atoms with Gasteiger partial charge < -0.3 is 9.80 Å². The minimum Gasteiger partial charge on any atom is -0.309 e. The van der Waals surface area contributed by atoms with Crippen LogP contribution in [0.25, 0.3) is 132 Å².